The molecule has 0 spiro atoms. The molecule has 1 amide bonds. The van der Waals surface area contributed by atoms with Crippen LogP contribution in [-0.2, 0) is 0 Å². The largest absolute Gasteiger partial charge is 0.388 e. The van der Waals surface area contributed by atoms with E-state index in [2.05, 4.69) is 5.16 Å². The van der Waals surface area contributed by atoms with Gasteiger partial charge in [-0.2, -0.15) is 0 Å². The van der Waals surface area contributed by atoms with Gasteiger partial charge >= 0.3 is 0 Å². The summed E-state index contributed by atoms with van der Waals surface area (Å²) in [7, 11) is 1.67. The summed E-state index contributed by atoms with van der Waals surface area (Å²) in [4.78, 5) is 14.0. The van der Waals surface area contributed by atoms with Crippen LogP contribution in [0.5, 0.6) is 0 Å². The Morgan fingerprint density at radius 1 is 1.39 bits per heavy atom. The zero-order chi connectivity index (χ0) is 16.4. The van der Waals surface area contributed by atoms with Gasteiger partial charge in [0.15, 0.2) is 11.5 Å². The molecule has 1 N–H and O–H groups in total. The van der Waals surface area contributed by atoms with Crippen LogP contribution in [0.3, 0.4) is 0 Å². The number of amides is 1. The molecule has 1 fully saturated rings. The van der Waals surface area contributed by atoms with Crippen molar-refractivity contribution in [3.63, 3.8) is 0 Å². The normalized spacial score (nSPS) is 16.5. The Labute approximate surface area is 139 Å². The molecule has 6 heteroatoms. The average Bonchev–Trinajstić information content (AvgIpc) is 3.16. The fraction of sp³-hybridized carbons (Fsp3) is 0.412. The number of hydrogen-bond donors (Lipinski definition) is 1. The molecular weight excluding hydrogens is 316 g/mol. The smallest absolute Gasteiger partial charge is 0.275 e. The van der Waals surface area contributed by atoms with Crippen molar-refractivity contribution >= 4 is 17.5 Å². The van der Waals surface area contributed by atoms with Gasteiger partial charge in [0.05, 0.1) is 5.60 Å². The first-order valence-corrected chi connectivity index (χ1v) is 8.05. The van der Waals surface area contributed by atoms with Crippen LogP contribution in [0.4, 0.5) is 0 Å². The van der Waals surface area contributed by atoms with Crippen LogP contribution >= 0.6 is 11.6 Å². The minimum absolute atomic E-state index is 0.226. The third kappa shape index (κ3) is 3.57. The molecule has 1 saturated carbocycles. The highest BCUT2D eigenvalue weighted by Crippen LogP contribution is 2.30. The number of likely N-dealkylation sites (N-methyl/N-ethyl adjacent to an activating group) is 1. The molecule has 5 nitrogen and oxygen atoms in total. The zero-order valence-corrected chi connectivity index (χ0v) is 13.7. The van der Waals surface area contributed by atoms with E-state index in [-0.39, 0.29) is 11.6 Å². The predicted octanol–water partition coefficient (Wildman–Crippen LogP) is 3.37. The number of benzene rings is 1. The lowest BCUT2D eigenvalue weighted by Gasteiger charge is -2.28. The van der Waals surface area contributed by atoms with Crippen molar-refractivity contribution in [2.24, 2.45) is 0 Å². The second-order valence-electron chi connectivity index (χ2n) is 6.18. The van der Waals surface area contributed by atoms with Crippen molar-refractivity contribution in [3.8, 4) is 11.3 Å². The Kier molecular flexibility index (Phi) is 4.41. The maximum atomic E-state index is 12.5. The maximum absolute atomic E-state index is 12.5. The highest BCUT2D eigenvalue weighted by atomic mass is 35.5. The predicted molar refractivity (Wildman–Crippen MR) is 87.3 cm³/mol. The molecule has 1 heterocycles. The Bertz CT molecular complexity index is 707. The van der Waals surface area contributed by atoms with Gasteiger partial charge in [-0.15, -0.1) is 0 Å². The molecule has 122 valence electrons. The number of rotatable bonds is 4. The van der Waals surface area contributed by atoms with E-state index in [1.54, 1.807) is 25.2 Å². The van der Waals surface area contributed by atoms with Gasteiger partial charge < -0.3 is 14.5 Å². The van der Waals surface area contributed by atoms with E-state index < -0.39 is 5.60 Å². The Hall–Kier alpha value is -1.85. The third-order valence-corrected chi connectivity index (χ3v) is 4.49. The standard InChI is InChI=1S/C17H19ClN2O3/c1-20(11-17(22)7-2-3-8-17)16(21)14-10-15(23-19-14)12-5-4-6-13(18)9-12/h4-6,9-10,22H,2-3,7-8,11H2,1H3. The van der Waals surface area contributed by atoms with Gasteiger partial charge in [-0.3, -0.25) is 4.79 Å². The van der Waals surface area contributed by atoms with Gasteiger partial charge in [0, 0.05) is 30.2 Å². The van der Waals surface area contributed by atoms with Crippen molar-refractivity contribution in [2.75, 3.05) is 13.6 Å². The van der Waals surface area contributed by atoms with Crippen molar-refractivity contribution in [3.05, 3.63) is 41.0 Å². The number of aromatic nitrogens is 1. The average molecular weight is 335 g/mol. The van der Waals surface area contributed by atoms with Gasteiger partial charge in [0.2, 0.25) is 0 Å². The van der Waals surface area contributed by atoms with Crippen molar-refractivity contribution < 1.29 is 14.4 Å². The lowest BCUT2D eigenvalue weighted by Crippen LogP contribution is -2.42. The van der Waals surface area contributed by atoms with E-state index in [0.717, 1.165) is 31.2 Å². The topological polar surface area (TPSA) is 66.6 Å². The van der Waals surface area contributed by atoms with E-state index in [4.69, 9.17) is 16.1 Å². The van der Waals surface area contributed by atoms with Gasteiger partial charge in [-0.1, -0.05) is 41.7 Å². The molecule has 1 aliphatic rings. The molecule has 0 unspecified atom stereocenters. The molecule has 0 radical (unpaired) electrons. The van der Waals surface area contributed by atoms with Crippen molar-refractivity contribution in [2.45, 2.75) is 31.3 Å². The summed E-state index contributed by atoms with van der Waals surface area (Å²) in [6.45, 7) is 0.311. The number of carbonyl (C=O) groups excluding carboxylic acids is 1. The van der Waals surface area contributed by atoms with E-state index >= 15 is 0 Å². The molecule has 1 aromatic heterocycles. The molecule has 3 rings (SSSR count). The van der Waals surface area contributed by atoms with E-state index in [1.807, 2.05) is 12.1 Å². The number of hydrogen-bond acceptors (Lipinski definition) is 4. The molecule has 23 heavy (non-hydrogen) atoms. The lowest BCUT2D eigenvalue weighted by atomic mass is 10.0. The summed E-state index contributed by atoms with van der Waals surface area (Å²) in [6.07, 6.45) is 3.47. The van der Waals surface area contributed by atoms with Crippen LogP contribution in [0, 0.1) is 0 Å². The fourth-order valence-corrected chi connectivity index (χ4v) is 3.24. The van der Waals surface area contributed by atoms with Crippen LogP contribution in [0.2, 0.25) is 5.02 Å². The first-order valence-electron chi connectivity index (χ1n) is 7.67. The van der Waals surface area contributed by atoms with E-state index in [9.17, 15) is 9.90 Å². The molecule has 1 aromatic carbocycles. The molecule has 2 aromatic rings. The molecule has 0 atom stereocenters. The summed E-state index contributed by atoms with van der Waals surface area (Å²) in [5.74, 6) is 0.228. The van der Waals surface area contributed by atoms with Gasteiger partial charge in [0.1, 0.15) is 0 Å². The highest BCUT2D eigenvalue weighted by molar-refractivity contribution is 6.30. The highest BCUT2D eigenvalue weighted by Gasteiger charge is 2.34. The monoisotopic (exact) mass is 334 g/mol. The maximum Gasteiger partial charge on any atom is 0.275 e. The number of carbonyl (C=O) groups is 1. The van der Waals surface area contributed by atoms with Gasteiger partial charge in [-0.25, -0.2) is 0 Å². The summed E-state index contributed by atoms with van der Waals surface area (Å²) < 4.78 is 5.25. The molecular formula is C17H19ClN2O3. The number of aliphatic hydroxyl groups is 1. The molecule has 1 aliphatic carbocycles. The Morgan fingerprint density at radius 3 is 2.83 bits per heavy atom. The quantitative estimate of drug-likeness (QED) is 0.930. The van der Waals surface area contributed by atoms with E-state index in [0.29, 0.717) is 17.3 Å². The summed E-state index contributed by atoms with van der Waals surface area (Å²) in [5.41, 5.74) is 0.217. The molecule has 0 bridgehead atoms. The Morgan fingerprint density at radius 2 is 2.13 bits per heavy atom. The summed E-state index contributed by atoms with van der Waals surface area (Å²) in [5, 5.41) is 14.9. The van der Waals surface area contributed by atoms with Gasteiger partial charge in [0.25, 0.3) is 5.91 Å². The SMILES string of the molecule is CN(CC1(O)CCCC1)C(=O)c1cc(-c2cccc(Cl)c2)on1. The minimum atomic E-state index is -0.774. The van der Waals surface area contributed by atoms with Crippen molar-refractivity contribution in [1.29, 1.82) is 0 Å². The van der Waals surface area contributed by atoms with Crippen LogP contribution in [0.1, 0.15) is 36.2 Å². The number of nitrogens with zero attached hydrogens (tertiary/aromatic N) is 2. The van der Waals surface area contributed by atoms with Crippen LogP contribution < -0.4 is 0 Å². The van der Waals surface area contributed by atoms with Crippen molar-refractivity contribution in [1.82, 2.24) is 10.1 Å². The third-order valence-electron chi connectivity index (χ3n) is 4.25. The molecule has 0 saturated heterocycles. The van der Waals surface area contributed by atoms with Crippen LogP contribution in [0.15, 0.2) is 34.9 Å². The minimum Gasteiger partial charge on any atom is -0.388 e. The van der Waals surface area contributed by atoms with E-state index in [1.165, 1.54) is 4.90 Å². The number of halogens is 1. The first kappa shape index (κ1) is 16.0. The van der Waals surface area contributed by atoms with Crippen LogP contribution in [0.25, 0.3) is 11.3 Å². The van der Waals surface area contributed by atoms with Gasteiger partial charge in [-0.05, 0) is 25.0 Å². The second kappa shape index (κ2) is 6.34. The lowest BCUT2D eigenvalue weighted by molar-refractivity contribution is 0.0153. The molecule has 0 aliphatic heterocycles. The fourth-order valence-electron chi connectivity index (χ4n) is 3.05. The first-order chi connectivity index (χ1) is 11.0. The Balaban J connectivity index is 1.73. The summed E-state index contributed by atoms with van der Waals surface area (Å²) in [6, 6.07) is 8.77. The zero-order valence-electron chi connectivity index (χ0n) is 13.0. The summed E-state index contributed by atoms with van der Waals surface area (Å²) >= 11 is 5.96. The van der Waals surface area contributed by atoms with Crippen LogP contribution in [-0.4, -0.2) is 40.3 Å². The second-order valence-corrected chi connectivity index (χ2v) is 6.62.